The number of benzene rings is 1. The van der Waals surface area contributed by atoms with Gasteiger partial charge in [-0.25, -0.2) is 18.5 Å². The van der Waals surface area contributed by atoms with Gasteiger partial charge in [-0.1, -0.05) is 18.2 Å². The number of nitrogens with one attached hydrogen (secondary N) is 1. The lowest BCUT2D eigenvalue weighted by molar-refractivity contribution is -0.122. The van der Waals surface area contributed by atoms with Gasteiger partial charge in [-0.15, -0.1) is 0 Å². The summed E-state index contributed by atoms with van der Waals surface area (Å²) in [6.45, 7) is 3.95. The molecule has 8 nitrogen and oxygen atoms in total. The van der Waals surface area contributed by atoms with E-state index in [2.05, 4.69) is 20.1 Å². The fourth-order valence-electron chi connectivity index (χ4n) is 2.93. The van der Waals surface area contributed by atoms with Crippen molar-refractivity contribution in [3.05, 3.63) is 54.2 Å². The van der Waals surface area contributed by atoms with Crippen molar-refractivity contribution in [2.45, 2.75) is 11.4 Å². The number of nitrogens with two attached hydrogens (primary N) is 1. The molecule has 2 heterocycles. The van der Waals surface area contributed by atoms with Gasteiger partial charge in [-0.3, -0.25) is 9.69 Å². The molecule has 0 saturated carbocycles. The van der Waals surface area contributed by atoms with Gasteiger partial charge in [0, 0.05) is 38.9 Å². The van der Waals surface area contributed by atoms with Gasteiger partial charge in [0.2, 0.25) is 15.9 Å². The van der Waals surface area contributed by atoms with Crippen LogP contribution < -0.4 is 15.4 Å². The first-order chi connectivity index (χ1) is 12.9. The standard InChI is InChI=1S/C18H23N5O3S/c19-27(25,26)16-6-4-15(5-7-16)13-21-18(24)14-22-9-11-23(12-10-22)17-3-1-2-8-20-17/h1-8H,9-14H2,(H,21,24)(H2,19,25,26). The normalized spacial score (nSPS) is 15.5. The molecule has 144 valence electrons. The number of carbonyl (C=O) groups is 1. The van der Waals surface area contributed by atoms with E-state index in [1.165, 1.54) is 12.1 Å². The Labute approximate surface area is 159 Å². The molecule has 0 aliphatic carbocycles. The van der Waals surface area contributed by atoms with Crippen LogP contribution in [0.3, 0.4) is 0 Å². The Morgan fingerprint density at radius 2 is 1.78 bits per heavy atom. The van der Waals surface area contributed by atoms with Crippen molar-refractivity contribution >= 4 is 21.7 Å². The summed E-state index contributed by atoms with van der Waals surface area (Å²) in [5.41, 5.74) is 0.815. The van der Waals surface area contributed by atoms with E-state index < -0.39 is 10.0 Å². The Bertz CT molecular complexity index is 864. The van der Waals surface area contributed by atoms with E-state index in [9.17, 15) is 13.2 Å². The Hall–Kier alpha value is -2.49. The lowest BCUT2D eigenvalue weighted by atomic mass is 10.2. The van der Waals surface area contributed by atoms with Gasteiger partial charge >= 0.3 is 0 Å². The molecule has 0 atom stereocenters. The van der Waals surface area contributed by atoms with Gasteiger partial charge in [0.15, 0.2) is 0 Å². The maximum atomic E-state index is 12.2. The number of hydrogen-bond acceptors (Lipinski definition) is 6. The summed E-state index contributed by atoms with van der Waals surface area (Å²) in [6.07, 6.45) is 1.78. The molecule has 0 unspecified atom stereocenters. The molecular weight excluding hydrogens is 366 g/mol. The second-order valence-corrected chi connectivity index (χ2v) is 7.98. The van der Waals surface area contributed by atoms with Gasteiger partial charge in [0.25, 0.3) is 0 Å². The summed E-state index contributed by atoms with van der Waals surface area (Å²) >= 11 is 0. The maximum absolute atomic E-state index is 12.2. The summed E-state index contributed by atoms with van der Waals surface area (Å²) in [5.74, 6) is 0.904. The smallest absolute Gasteiger partial charge is 0.238 e. The van der Waals surface area contributed by atoms with E-state index in [4.69, 9.17) is 5.14 Å². The molecule has 0 spiro atoms. The monoisotopic (exact) mass is 389 g/mol. The van der Waals surface area contributed by atoms with Crippen LogP contribution in [0.2, 0.25) is 0 Å². The molecule has 1 amide bonds. The van der Waals surface area contributed by atoms with Crippen LogP contribution in [0.1, 0.15) is 5.56 Å². The fourth-order valence-corrected chi connectivity index (χ4v) is 3.45. The molecule has 1 fully saturated rings. The molecule has 1 aromatic carbocycles. The number of sulfonamides is 1. The van der Waals surface area contributed by atoms with Crippen molar-refractivity contribution < 1.29 is 13.2 Å². The third kappa shape index (κ3) is 5.49. The van der Waals surface area contributed by atoms with Gasteiger partial charge in [0.05, 0.1) is 11.4 Å². The van der Waals surface area contributed by atoms with Crippen molar-refractivity contribution in [2.75, 3.05) is 37.6 Å². The zero-order chi connectivity index (χ0) is 19.3. The highest BCUT2D eigenvalue weighted by Gasteiger charge is 2.19. The SMILES string of the molecule is NS(=O)(=O)c1ccc(CNC(=O)CN2CCN(c3ccccn3)CC2)cc1. The van der Waals surface area contributed by atoms with Gasteiger partial charge < -0.3 is 10.2 Å². The Balaban J connectivity index is 1.42. The van der Waals surface area contributed by atoms with Crippen molar-refractivity contribution in [2.24, 2.45) is 5.14 Å². The number of nitrogens with zero attached hydrogens (tertiary/aromatic N) is 3. The van der Waals surface area contributed by atoms with Crippen molar-refractivity contribution in [3.63, 3.8) is 0 Å². The van der Waals surface area contributed by atoms with Crippen molar-refractivity contribution in [1.82, 2.24) is 15.2 Å². The molecule has 1 aromatic heterocycles. The number of anilines is 1. The van der Waals surface area contributed by atoms with Gasteiger partial charge in [-0.2, -0.15) is 0 Å². The minimum Gasteiger partial charge on any atom is -0.354 e. The molecule has 2 aromatic rings. The first-order valence-electron chi connectivity index (χ1n) is 8.68. The molecule has 27 heavy (non-hydrogen) atoms. The van der Waals surface area contributed by atoms with Crippen LogP contribution >= 0.6 is 0 Å². The first kappa shape index (κ1) is 19.3. The summed E-state index contributed by atoms with van der Waals surface area (Å²) < 4.78 is 22.5. The molecule has 1 aliphatic heterocycles. The van der Waals surface area contributed by atoms with E-state index >= 15 is 0 Å². The van der Waals surface area contributed by atoms with Crippen LogP contribution in [0, 0.1) is 0 Å². The molecule has 0 radical (unpaired) electrons. The minimum atomic E-state index is -3.70. The third-order valence-corrected chi connectivity index (χ3v) is 5.38. The van der Waals surface area contributed by atoms with E-state index in [1.807, 2.05) is 18.2 Å². The zero-order valence-corrected chi connectivity index (χ0v) is 15.7. The number of piperazine rings is 1. The number of pyridine rings is 1. The number of primary sulfonamides is 1. The van der Waals surface area contributed by atoms with Crippen LogP contribution in [0.15, 0.2) is 53.6 Å². The molecule has 3 N–H and O–H groups in total. The first-order valence-corrected chi connectivity index (χ1v) is 10.2. The summed E-state index contributed by atoms with van der Waals surface area (Å²) in [5, 5.41) is 7.93. The van der Waals surface area contributed by atoms with Crippen molar-refractivity contribution in [3.8, 4) is 0 Å². The predicted molar refractivity (Wildman–Crippen MR) is 103 cm³/mol. The second kappa shape index (κ2) is 8.47. The van der Waals surface area contributed by atoms with Crippen LogP contribution in [-0.2, 0) is 21.4 Å². The number of rotatable bonds is 6. The van der Waals surface area contributed by atoms with E-state index in [-0.39, 0.29) is 10.8 Å². The molecule has 3 rings (SSSR count). The molecule has 1 saturated heterocycles. The molecule has 1 aliphatic rings. The highest BCUT2D eigenvalue weighted by molar-refractivity contribution is 7.89. The highest BCUT2D eigenvalue weighted by Crippen LogP contribution is 2.12. The second-order valence-electron chi connectivity index (χ2n) is 6.42. The van der Waals surface area contributed by atoms with Crippen LogP contribution in [0.4, 0.5) is 5.82 Å². The van der Waals surface area contributed by atoms with Gasteiger partial charge in [-0.05, 0) is 29.8 Å². The van der Waals surface area contributed by atoms with E-state index in [1.54, 1.807) is 18.3 Å². The van der Waals surface area contributed by atoms with E-state index in [0.29, 0.717) is 13.1 Å². The lowest BCUT2D eigenvalue weighted by Gasteiger charge is -2.34. The summed E-state index contributed by atoms with van der Waals surface area (Å²) in [7, 11) is -3.70. The topological polar surface area (TPSA) is 109 Å². The Morgan fingerprint density at radius 3 is 2.37 bits per heavy atom. The maximum Gasteiger partial charge on any atom is 0.238 e. The number of hydrogen-bond donors (Lipinski definition) is 2. The summed E-state index contributed by atoms with van der Waals surface area (Å²) in [6, 6.07) is 12.0. The quantitative estimate of drug-likeness (QED) is 0.729. The van der Waals surface area contributed by atoms with Gasteiger partial charge in [0.1, 0.15) is 5.82 Å². The lowest BCUT2D eigenvalue weighted by Crippen LogP contribution is -2.49. The van der Waals surface area contributed by atoms with Crippen LogP contribution in [0.5, 0.6) is 0 Å². The number of aromatic nitrogens is 1. The zero-order valence-electron chi connectivity index (χ0n) is 14.9. The molecular formula is C18H23N5O3S. The predicted octanol–water partition coefficient (Wildman–Crippen LogP) is 0.167. The van der Waals surface area contributed by atoms with Crippen LogP contribution in [-0.4, -0.2) is 56.9 Å². The molecule has 9 heteroatoms. The third-order valence-electron chi connectivity index (χ3n) is 4.45. The Morgan fingerprint density at radius 1 is 1.07 bits per heavy atom. The fraction of sp³-hybridized carbons (Fsp3) is 0.333. The van der Waals surface area contributed by atoms with Crippen LogP contribution in [0.25, 0.3) is 0 Å². The number of amides is 1. The summed E-state index contributed by atoms with van der Waals surface area (Å²) in [4.78, 5) is 20.9. The Kier molecular flexibility index (Phi) is 6.04. The highest BCUT2D eigenvalue weighted by atomic mass is 32.2. The molecule has 0 bridgehead atoms. The number of carbonyl (C=O) groups excluding carboxylic acids is 1. The van der Waals surface area contributed by atoms with E-state index in [0.717, 1.165) is 37.6 Å². The minimum absolute atomic E-state index is 0.0585. The average molecular weight is 389 g/mol. The average Bonchev–Trinajstić information content (AvgIpc) is 2.67. The van der Waals surface area contributed by atoms with Crippen molar-refractivity contribution in [1.29, 1.82) is 0 Å². The largest absolute Gasteiger partial charge is 0.354 e.